The van der Waals surface area contributed by atoms with E-state index in [0.29, 0.717) is 11.7 Å². The molecule has 16 heavy (non-hydrogen) atoms. The molecule has 2 atom stereocenters. The molecule has 0 bridgehead atoms. The summed E-state index contributed by atoms with van der Waals surface area (Å²) in [5.41, 5.74) is 0. The third kappa shape index (κ3) is 2.09. The number of thioether (sulfide) groups is 1. The van der Waals surface area contributed by atoms with Crippen LogP contribution in [0.2, 0.25) is 0 Å². The average molecular weight is 241 g/mol. The number of aromatic nitrogens is 2. The van der Waals surface area contributed by atoms with E-state index in [2.05, 4.69) is 15.5 Å². The van der Waals surface area contributed by atoms with Gasteiger partial charge in [-0.05, 0) is 12.8 Å². The second-order valence-corrected chi connectivity index (χ2v) is 5.22. The Morgan fingerprint density at radius 1 is 1.44 bits per heavy atom. The van der Waals surface area contributed by atoms with E-state index >= 15 is 0 Å². The molecular weight excluding hydrogens is 226 g/mol. The summed E-state index contributed by atoms with van der Waals surface area (Å²) in [5.74, 6) is 3.58. The van der Waals surface area contributed by atoms with E-state index in [1.807, 2.05) is 11.8 Å². The number of nitrogens with zero attached hydrogens (tertiary/aromatic N) is 2. The Hall–Kier alpha value is -0.590. The van der Waals surface area contributed by atoms with Gasteiger partial charge in [0.05, 0.1) is 6.04 Å². The molecule has 2 aliphatic rings. The normalized spacial score (nSPS) is 30.8. The first-order valence-electron chi connectivity index (χ1n) is 5.70. The maximum Gasteiger partial charge on any atom is 0.244 e. The van der Waals surface area contributed by atoms with E-state index in [0.717, 1.165) is 37.5 Å². The lowest BCUT2D eigenvalue weighted by molar-refractivity contribution is 0.103. The van der Waals surface area contributed by atoms with Crippen LogP contribution in [0, 0.1) is 0 Å². The van der Waals surface area contributed by atoms with Crippen molar-refractivity contribution in [2.24, 2.45) is 0 Å². The van der Waals surface area contributed by atoms with Crippen molar-refractivity contribution in [3.8, 4) is 0 Å². The molecule has 3 heterocycles. The van der Waals surface area contributed by atoms with Crippen molar-refractivity contribution in [1.82, 2.24) is 15.5 Å². The first-order chi connectivity index (χ1) is 7.93. The van der Waals surface area contributed by atoms with Crippen molar-refractivity contribution < 1.29 is 9.26 Å². The Kier molecular flexibility index (Phi) is 3.12. The molecule has 5 nitrogen and oxygen atoms in total. The second kappa shape index (κ2) is 4.73. The largest absolute Gasteiger partial charge is 0.370 e. The first kappa shape index (κ1) is 10.6. The molecule has 0 radical (unpaired) electrons. The summed E-state index contributed by atoms with van der Waals surface area (Å²) < 4.78 is 10.8. The van der Waals surface area contributed by atoms with Crippen LogP contribution in [0.1, 0.15) is 36.7 Å². The summed E-state index contributed by atoms with van der Waals surface area (Å²) in [7, 11) is 0. The molecule has 0 saturated carbocycles. The van der Waals surface area contributed by atoms with Gasteiger partial charge >= 0.3 is 0 Å². The van der Waals surface area contributed by atoms with Crippen LogP contribution in [0.3, 0.4) is 0 Å². The monoisotopic (exact) mass is 241 g/mol. The molecule has 0 aromatic carbocycles. The fraction of sp³-hybridized carbons (Fsp3) is 0.800. The standard InChI is InChI=1S/C10H15N3O2S/c1-2-8(14-4-1)9-12-10(15-13-9)7-6-16-5-3-11-7/h7-8,11H,1-6H2. The fourth-order valence-electron chi connectivity index (χ4n) is 2.02. The highest BCUT2D eigenvalue weighted by atomic mass is 32.2. The number of hydrogen-bond acceptors (Lipinski definition) is 6. The number of rotatable bonds is 2. The number of ether oxygens (including phenoxy) is 1. The van der Waals surface area contributed by atoms with E-state index in [-0.39, 0.29) is 12.1 Å². The van der Waals surface area contributed by atoms with E-state index in [9.17, 15) is 0 Å². The van der Waals surface area contributed by atoms with Gasteiger partial charge in [-0.3, -0.25) is 0 Å². The van der Waals surface area contributed by atoms with Gasteiger partial charge in [-0.15, -0.1) is 0 Å². The van der Waals surface area contributed by atoms with Gasteiger partial charge in [-0.2, -0.15) is 16.7 Å². The van der Waals surface area contributed by atoms with E-state index in [4.69, 9.17) is 9.26 Å². The van der Waals surface area contributed by atoms with Crippen LogP contribution < -0.4 is 5.32 Å². The molecule has 1 aromatic heterocycles. The zero-order valence-electron chi connectivity index (χ0n) is 9.02. The van der Waals surface area contributed by atoms with Crippen molar-refractivity contribution in [3.63, 3.8) is 0 Å². The van der Waals surface area contributed by atoms with E-state index < -0.39 is 0 Å². The molecule has 1 N–H and O–H groups in total. The van der Waals surface area contributed by atoms with Gasteiger partial charge in [0.1, 0.15) is 6.10 Å². The Bertz CT molecular complexity index is 346. The zero-order valence-corrected chi connectivity index (χ0v) is 9.83. The third-order valence-corrected chi connectivity index (χ3v) is 3.96. The number of hydrogen-bond donors (Lipinski definition) is 1. The molecule has 3 rings (SSSR count). The molecule has 1 aromatic rings. The Labute approximate surface area is 98.3 Å². The SMILES string of the molecule is C1COC(c2noc(C3CSCCN3)n2)C1. The summed E-state index contributed by atoms with van der Waals surface area (Å²) in [5, 5.41) is 7.39. The van der Waals surface area contributed by atoms with Gasteiger partial charge in [0.15, 0.2) is 0 Å². The Morgan fingerprint density at radius 2 is 2.44 bits per heavy atom. The van der Waals surface area contributed by atoms with Crippen molar-refractivity contribution in [2.45, 2.75) is 25.0 Å². The van der Waals surface area contributed by atoms with Gasteiger partial charge in [0, 0.05) is 24.7 Å². The molecule has 2 fully saturated rings. The molecule has 0 aliphatic carbocycles. The summed E-state index contributed by atoms with van der Waals surface area (Å²) in [6.07, 6.45) is 2.14. The van der Waals surface area contributed by atoms with E-state index in [1.54, 1.807) is 0 Å². The zero-order chi connectivity index (χ0) is 10.8. The minimum absolute atomic E-state index is 0.0498. The van der Waals surface area contributed by atoms with Crippen LogP contribution in [-0.4, -0.2) is 34.8 Å². The van der Waals surface area contributed by atoms with Crippen LogP contribution in [0.15, 0.2) is 4.52 Å². The predicted octanol–water partition coefficient (Wildman–Crippen LogP) is 1.30. The van der Waals surface area contributed by atoms with Gasteiger partial charge < -0.3 is 14.6 Å². The minimum atomic E-state index is 0.0498. The second-order valence-electron chi connectivity index (χ2n) is 4.07. The van der Waals surface area contributed by atoms with Crippen molar-refractivity contribution in [1.29, 1.82) is 0 Å². The highest BCUT2D eigenvalue weighted by molar-refractivity contribution is 7.99. The molecule has 2 aliphatic heterocycles. The van der Waals surface area contributed by atoms with Crippen LogP contribution in [0.5, 0.6) is 0 Å². The van der Waals surface area contributed by atoms with Gasteiger partial charge in [0.2, 0.25) is 11.7 Å². The molecule has 88 valence electrons. The van der Waals surface area contributed by atoms with E-state index in [1.165, 1.54) is 0 Å². The maximum atomic E-state index is 5.53. The topological polar surface area (TPSA) is 60.2 Å². The van der Waals surface area contributed by atoms with Crippen LogP contribution in [-0.2, 0) is 4.74 Å². The van der Waals surface area contributed by atoms with Crippen LogP contribution in [0.4, 0.5) is 0 Å². The molecule has 2 unspecified atom stereocenters. The lowest BCUT2D eigenvalue weighted by Crippen LogP contribution is -2.30. The highest BCUT2D eigenvalue weighted by Crippen LogP contribution is 2.28. The van der Waals surface area contributed by atoms with Gasteiger partial charge in [-0.1, -0.05) is 5.16 Å². The molecule has 2 saturated heterocycles. The molecule has 0 amide bonds. The lowest BCUT2D eigenvalue weighted by atomic mass is 10.2. The molecule has 6 heteroatoms. The fourth-order valence-corrected chi connectivity index (χ4v) is 2.95. The summed E-state index contributed by atoms with van der Waals surface area (Å²) in [4.78, 5) is 4.44. The molecular formula is C10H15N3O2S. The quantitative estimate of drug-likeness (QED) is 0.842. The smallest absolute Gasteiger partial charge is 0.244 e. The third-order valence-electron chi connectivity index (χ3n) is 2.89. The molecule has 0 spiro atoms. The van der Waals surface area contributed by atoms with Gasteiger partial charge in [-0.25, -0.2) is 0 Å². The van der Waals surface area contributed by atoms with Crippen LogP contribution in [0.25, 0.3) is 0 Å². The number of nitrogens with one attached hydrogen (secondary N) is 1. The average Bonchev–Trinajstić information content (AvgIpc) is 3.01. The Morgan fingerprint density at radius 3 is 3.19 bits per heavy atom. The maximum absolute atomic E-state index is 5.53. The minimum Gasteiger partial charge on any atom is -0.370 e. The highest BCUT2D eigenvalue weighted by Gasteiger charge is 2.26. The predicted molar refractivity (Wildman–Crippen MR) is 60.3 cm³/mol. The van der Waals surface area contributed by atoms with Crippen molar-refractivity contribution >= 4 is 11.8 Å². The summed E-state index contributed by atoms with van der Waals surface area (Å²) in [6.45, 7) is 1.82. The Balaban J connectivity index is 1.71. The summed E-state index contributed by atoms with van der Waals surface area (Å²) in [6, 6.07) is 0.210. The summed E-state index contributed by atoms with van der Waals surface area (Å²) >= 11 is 1.92. The first-order valence-corrected chi connectivity index (χ1v) is 6.85. The van der Waals surface area contributed by atoms with Crippen molar-refractivity contribution in [3.05, 3.63) is 11.7 Å². The van der Waals surface area contributed by atoms with Crippen LogP contribution >= 0.6 is 11.8 Å². The van der Waals surface area contributed by atoms with Crippen molar-refractivity contribution in [2.75, 3.05) is 24.7 Å². The lowest BCUT2D eigenvalue weighted by Gasteiger charge is -2.19. The van der Waals surface area contributed by atoms with Gasteiger partial charge in [0.25, 0.3) is 0 Å².